The Kier molecular flexibility index (Phi) is 2.71. The van der Waals surface area contributed by atoms with Crippen LogP contribution in [0.5, 0.6) is 0 Å². The van der Waals surface area contributed by atoms with Gasteiger partial charge in [0.05, 0.1) is 19.1 Å². The minimum Gasteiger partial charge on any atom is -0.472 e. The van der Waals surface area contributed by atoms with Gasteiger partial charge in [-0.1, -0.05) is 0 Å². The monoisotopic (exact) mass is 208 g/mol. The Morgan fingerprint density at radius 2 is 2.33 bits per heavy atom. The van der Waals surface area contributed by atoms with Crippen LogP contribution in [-0.4, -0.2) is 29.8 Å². The largest absolute Gasteiger partial charge is 0.472 e. The molecule has 2 amide bonds. The zero-order chi connectivity index (χ0) is 10.7. The number of furan rings is 1. The van der Waals surface area contributed by atoms with Gasteiger partial charge in [-0.3, -0.25) is 9.59 Å². The summed E-state index contributed by atoms with van der Waals surface area (Å²) in [6.45, 7) is 1.07. The van der Waals surface area contributed by atoms with Gasteiger partial charge in [0, 0.05) is 25.1 Å². The third kappa shape index (κ3) is 2.37. The van der Waals surface area contributed by atoms with Crippen molar-refractivity contribution >= 4 is 11.8 Å². The fourth-order valence-corrected chi connectivity index (χ4v) is 1.51. The Bertz CT molecular complexity index is 359. The summed E-state index contributed by atoms with van der Waals surface area (Å²) in [5.41, 5.74) is 0.942. The average Bonchev–Trinajstić information content (AvgIpc) is 2.67. The molecule has 0 saturated carbocycles. The number of rotatable bonds is 2. The maximum absolute atomic E-state index is 11.6. The highest BCUT2D eigenvalue weighted by molar-refractivity contribution is 5.87. The van der Waals surface area contributed by atoms with E-state index in [1.165, 1.54) is 0 Å². The highest BCUT2D eigenvalue weighted by Gasteiger charge is 2.20. The first kappa shape index (κ1) is 9.76. The molecule has 1 saturated heterocycles. The van der Waals surface area contributed by atoms with Crippen LogP contribution in [0.2, 0.25) is 0 Å². The van der Waals surface area contributed by atoms with Gasteiger partial charge < -0.3 is 14.6 Å². The molecule has 1 aromatic heterocycles. The van der Waals surface area contributed by atoms with Crippen LogP contribution in [0.4, 0.5) is 0 Å². The molecular weight excluding hydrogens is 196 g/mol. The van der Waals surface area contributed by atoms with E-state index in [4.69, 9.17) is 4.42 Å². The van der Waals surface area contributed by atoms with Crippen molar-refractivity contribution in [1.82, 2.24) is 10.2 Å². The van der Waals surface area contributed by atoms with Crippen LogP contribution in [0, 0.1) is 0 Å². The van der Waals surface area contributed by atoms with E-state index < -0.39 is 0 Å². The average molecular weight is 208 g/mol. The predicted octanol–water partition coefficient (Wildman–Crippen LogP) is 0.128. The number of hydrogen-bond donors (Lipinski definition) is 1. The van der Waals surface area contributed by atoms with Gasteiger partial charge in [0.15, 0.2) is 0 Å². The van der Waals surface area contributed by atoms with Crippen LogP contribution in [0.25, 0.3) is 0 Å². The molecule has 0 unspecified atom stereocenters. The van der Waals surface area contributed by atoms with Crippen molar-refractivity contribution in [2.75, 3.05) is 13.1 Å². The van der Waals surface area contributed by atoms with Gasteiger partial charge in [0.1, 0.15) is 0 Å². The molecular formula is C10H12N2O3. The Hall–Kier alpha value is -1.78. The zero-order valence-electron chi connectivity index (χ0n) is 8.23. The van der Waals surface area contributed by atoms with Crippen LogP contribution in [0.3, 0.4) is 0 Å². The van der Waals surface area contributed by atoms with Crippen LogP contribution >= 0.6 is 0 Å². The second-order valence-corrected chi connectivity index (χ2v) is 3.47. The Morgan fingerprint density at radius 1 is 1.47 bits per heavy atom. The van der Waals surface area contributed by atoms with E-state index in [1.54, 1.807) is 17.4 Å². The van der Waals surface area contributed by atoms with Crippen LogP contribution in [-0.2, 0) is 16.1 Å². The molecule has 2 heterocycles. The van der Waals surface area contributed by atoms with Crippen molar-refractivity contribution in [3.8, 4) is 0 Å². The third-order valence-corrected chi connectivity index (χ3v) is 2.35. The molecule has 0 spiro atoms. The van der Waals surface area contributed by atoms with E-state index >= 15 is 0 Å². The van der Waals surface area contributed by atoms with Gasteiger partial charge >= 0.3 is 0 Å². The smallest absolute Gasteiger partial charge is 0.242 e. The van der Waals surface area contributed by atoms with Crippen LogP contribution in [0.1, 0.15) is 12.0 Å². The standard InChI is InChI=1S/C10H12N2O3/c13-9-1-3-12(10(14)5-11-9)6-8-2-4-15-7-8/h2,4,7H,1,3,5-6H2,(H,11,13). The second kappa shape index (κ2) is 4.16. The Labute approximate surface area is 87.0 Å². The summed E-state index contributed by atoms with van der Waals surface area (Å²) in [6, 6.07) is 1.81. The molecule has 1 aliphatic rings. The molecule has 15 heavy (non-hydrogen) atoms. The summed E-state index contributed by atoms with van der Waals surface area (Å²) in [7, 11) is 0. The maximum Gasteiger partial charge on any atom is 0.242 e. The van der Waals surface area contributed by atoms with Gasteiger partial charge in [0.2, 0.25) is 11.8 Å². The first-order valence-electron chi connectivity index (χ1n) is 4.81. The number of carbonyl (C=O) groups excluding carboxylic acids is 2. The summed E-state index contributed by atoms with van der Waals surface area (Å²) >= 11 is 0. The molecule has 80 valence electrons. The number of nitrogens with one attached hydrogen (secondary N) is 1. The number of nitrogens with zero attached hydrogens (tertiary/aromatic N) is 1. The molecule has 1 fully saturated rings. The van der Waals surface area contributed by atoms with E-state index in [0.29, 0.717) is 19.5 Å². The summed E-state index contributed by atoms with van der Waals surface area (Å²) in [4.78, 5) is 24.3. The topological polar surface area (TPSA) is 62.6 Å². The van der Waals surface area contributed by atoms with Crippen LogP contribution in [0.15, 0.2) is 23.0 Å². The van der Waals surface area contributed by atoms with Crippen molar-refractivity contribution in [3.63, 3.8) is 0 Å². The van der Waals surface area contributed by atoms with Crippen molar-refractivity contribution in [3.05, 3.63) is 24.2 Å². The van der Waals surface area contributed by atoms with Crippen molar-refractivity contribution in [2.45, 2.75) is 13.0 Å². The third-order valence-electron chi connectivity index (χ3n) is 2.35. The summed E-state index contributed by atoms with van der Waals surface area (Å²) in [6.07, 6.45) is 3.54. The predicted molar refractivity (Wildman–Crippen MR) is 51.8 cm³/mol. The van der Waals surface area contributed by atoms with Gasteiger partial charge in [-0.05, 0) is 6.07 Å². The molecule has 1 N–H and O–H groups in total. The number of amides is 2. The molecule has 0 radical (unpaired) electrons. The molecule has 1 aliphatic heterocycles. The lowest BCUT2D eigenvalue weighted by atomic mass is 10.3. The molecule has 2 rings (SSSR count). The first-order chi connectivity index (χ1) is 7.25. The molecule has 0 atom stereocenters. The minimum atomic E-state index is -0.0713. The van der Waals surface area contributed by atoms with E-state index in [-0.39, 0.29) is 18.4 Å². The van der Waals surface area contributed by atoms with Crippen molar-refractivity contribution < 1.29 is 14.0 Å². The highest BCUT2D eigenvalue weighted by Crippen LogP contribution is 2.07. The lowest BCUT2D eigenvalue weighted by Gasteiger charge is -2.18. The van der Waals surface area contributed by atoms with Gasteiger partial charge in [-0.25, -0.2) is 0 Å². The van der Waals surface area contributed by atoms with Crippen molar-refractivity contribution in [2.24, 2.45) is 0 Å². The zero-order valence-corrected chi connectivity index (χ0v) is 8.23. The normalized spacial score (nSPS) is 17.5. The fraction of sp³-hybridized carbons (Fsp3) is 0.400. The lowest BCUT2D eigenvalue weighted by Crippen LogP contribution is -2.34. The molecule has 1 aromatic rings. The Balaban J connectivity index is 2.01. The molecule has 0 aliphatic carbocycles. The second-order valence-electron chi connectivity index (χ2n) is 3.47. The van der Waals surface area contributed by atoms with Gasteiger partial charge in [-0.15, -0.1) is 0 Å². The number of carbonyl (C=O) groups is 2. The van der Waals surface area contributed by atoms with E-state index in [1.807, 2.05) is 6.07 Å². The maximum atomic E-state index is 11.6. The molecule has 5 nitrogen and oxygen atoms in total. The SMILES string of the molecule is O=C1CCN(Cc2ccoc2)C(=O)CN1. The number of hydrogen-bond acceptors (Lipinski definition) is 3. The molecule has 0 aromatic carbocycles. The summed E-state index contributed by atoms with van der Waals surface area (Å²) in [5.74, 6) is -0.125. The van der Waals surface area contributed by atoms with Gasteiger partial charge in [-0.2, -0.15) is 0 Å². The van der Waals surface area contributed by atoms with Crippen molar-refractivity contribution in [1.29, 1.82) is 0 Å². The van der Waals surface area contributed by atoms with E-state index in [0.717, 1.165) is 5.56 Å². The van der Waals surface area contributed by atoms with Gasteiger partial charge in [0.25, 0.3) is 0 Å². The van der Waals surface area contributed by atoms with E-state index in [9.17, 15) is 9.59 Å². The summed E-state index contributed by atoms with van der Waals surface area (Å²) in [5, 5.41) is 2.55. The summed E-state index contributed by atoms with van der Waals surface area (Å²) < 4.78 is 4.92. The van der Waals surface area contributed by atoms with Crippen LogP contribution < -0.4 is 5.32 Å². The van der Waals surface area contributed by atoms with E-state index in [2.05, 4.69) is 5.32 Å². The Morgan fingerprint density at radius 3 is 3.07 bits per heavy atom. The minimum absolute atomic E-state index is 0.0537. The quantitative estimate of drug-likeness (QED) is 0.751. The lowest BCUT2D eigenvalue weighted by molar-refractivity contribution is -0.130. The fourth-order valence-electron chi connectivity index (χ4n) is 1.51. The molecule has 5 heteroatoms. The first-order valence-corrected chi connectivity index (χ1v) is 4.81. The molecule has 0 bridgehead atoms. The highest BCUT2D eigenvalue weighted by atomic mass is 16.3.